The Bertz CT molecular complexity index is 570. The summed E-state index contributed by atoms with van der Waals surface area (Å²) < 4.78 is 2.09. The van der Waals surface area contributed by atoms with Crippen LogP contribution < -0.4 is 5.32 Å². The fourth-order valence-electron chi connectivity index (χ4n) is 2.40. The molecule has 2 heterocycles. The van der Waals surface area contributed by atoms with E-state index in [4.69, 9.17) is 0 Å². The van der Waals surface area contributed by atoms with Crippen molar-refractivity contribution in [1.82, 2.24) is 20.1 Å². The predicted molar refractivity (Wildman–Crippen MR) is 84.1 cm³/mol. The van der Waals surface area contributed by atoms with Gasteiger partial charge in [0.15, 0.2) is 0 Å². The maximum Gasteiger partial charge on any atom is 0.0900 e. The van der Waals surface area contributed by atoms with Crippen LogP contribution in [0.15, 0.2) is 6.07 Å². The van der Waals surface area contributed by atoms with Crippen molar-refractivity contribution in [2.24, 2.45) is 0 Å². The molecule has 1 unspecified atom stereocenters. The van der Waals surface area contributed by atoms with E-state index in [9.17, 15) is 0 Å². The Balaban J connectivity index is 2.04. The van der Waals surface area contributed by atoms with Crippen molar-refractivity contribution in [3.8, 4) is 0 Å². The summed E-state index contributed by atoms with van der Waals surface area (Å²) in [7, 11) is 0. The second-order valence-electron chi connectivity index (χ2n) is 5.08. The molecule has 2 rings (SSSR count). The van der Waals surface area contributed by atoms with E-state index in [1.807, 2.05) is 0 Å². The number of hydrogen-bond acceptors (Lipinski definition) is 4. The first-order valence-electron chi connectivity index (χ1n) is 7.28. The fraction of sp³-hybridized carbons (Fsp3) is 0.600. The van der Waals surface area contributed by atoms with Crippen LogP contribution in [0.5, 0.6) is 0 Å². The Morgan fingerprint density at radius 2 is 2.10 bits per heavy atom. The summed E-state index contributed by atoms with van der Waals surface area (Å²) in [6.07, 6.45) is 0.989. The van der Waals surface area contributed by atoms with Crippen molar-refractivity contribution in [2.75, 3.05) is 0 Å². The highest BCUT2D eigenvalue weighted by Crippen LogP contribution is 2.24. The quantitative estimate of drug-likeness (QED) is 0.887. The average molecular weight is 292 g/mol. The smallest absolute Gasteiger partial charge is 0.0900 e. The van der Waals surface area contributed by atoms with Crippen LogP contribution in [-0.2, 0) is 19.5 Å². The highest BCUT2D eigenvalue weighted by atomic mass is 32.1. The molecule has 0 aliphatic heterocycles. The van der Waals surface area contributed by atoms with Gasteiger partial charge in [-0.25, -0.2) is 4.98 Å². The van der Waals surface area contributed by atoms with Crippen molar-refractivity contribution in [3.63, 3.8) is 0 Å². The Hall–Kier alpha value is -1.20. The lowest BCUT2D eigenvalue weighted by atomic mass is 10.2. The normalized spacial score (nSPS) is 12.8. The Kier molecular flexibility index (Phi) is 4.94. The van der Waals surface area contributed by atoms with Crippen LogP contribution in [-0.4, -0.2) is 14.8 Å². The third-order valence-corrected chi connectivity index (χ3v) is 4.75. The van der Waals surface area contributed by atoms with E-state index in [1.54, 1.807) is 11.3 Å². The summed E-state index contributed by atoms with van der Waals surface area (Å²) in [6.45, 7) is 12.4. The maximum absolute atomic E-state index is 4.59. The number of nitrogens with zero attached hydrogens (tertiary/aromatic N) is 3. The van der Waals surface area contributed by atoms with E-state index in [0.717, 1.165) is 30.2 Å². The van der Waals surface area contributed by atoms with Crippen molar-refractivity contribution in [2.45, 2.75) is 60.2 Å². The number of rotatable bonds is 6. The highest BCUT2D eigenvalue weighted by Gasteiger charge is 2.13. The molecule has 0 aromatic carbocycles. The molecule has 110 valence electrons. The zero-order valence-electron chi connectivity index (χ0n) is 13.0. The monoisotopic (exact) mass is 292 g/mol. The van der Waals surface area contributed by atoms with E-state index >= 15 is 0 Å². The van der Waals surface area contributed by atoms with Gasteiger partial charge in [0.1, 0.15) is 0 Å². The summed E-state index contributed by atoms with van der Waals surface area (Å²) in [5, 5.41) is 9.31. The number of aryl methyl sites for hydroxylation is 4. The summed E-state index contributed by atoms with van der Waals surface area (Å²) in [6, 6.07) is 2.53. The molecule has 5 heteroatoms. The van der Waals surface area contributed by atoms with Crippen molar-refractivity contribution < 1.29 is 0 Å². The second-order valence-corrected chi connectivity index (χ2v) is 6.32. The minimum atomic E-state index is 0.325. The lowest BCUT2D eigenvalue weighted by Crippen LogP contribution is -2.20. The third kappa shape index (κ3) is 3.27. The van der Waals surface area contributed by atoms with Crippen LogP contribution in [0.1, 0.15) is 53.8 Å². The number of thiazole rings is 1. The zero-order valence-corrected chi connectivity index (χ0v) is 13.8. The molecule has 1 atom stereocenters. The molecule has 0 radical (unpaired) electrons. The molecule has 0 saturated carbocycles. The molecule has 1 N–H and O–H groups in total. The first-order valence-corrected chi connectivity index (χ1v) is 8.09. The molecular weight excluding hydrogens is 268 g/mol. The summed E-state index contributed by atoms with van der Waals surface area (Å²) in [4.78, 5) is 5.83. The fourth-order valence-corrected chi connectivity index (χ4v) is 3.36. The largest absolute Gasteiger partial charge is 0.304 e. The minimum Gasteiger partial charge on any atom is -0.304 e. The zero-order chi connectivity index (χ0) is 14.7. The lowest BCUT2D eigenvalue weighted by Gasteiger charge is -2.13. The first-order chi connectivity index (χ1) is 9.55. The minimum absolute atomic E-state index is 0.325. The Labute approximate surface area is 125 Å². The van der Waals surface area contributed by atoms with Crippen LogP contribution in [0.4, 0.5) is 0 Å². The predicted octanol–water partition coefficient (Wildman–Crippen LogP) is 3.39. The highest BCUT2D eigenvalue weighted by molar-refractivity contribution is 7.11. The first kappa shape index (κ1) is 15.2. The van der Waals surface area contributed by atoms with Gasteiger partial charge in [0.05, 0.1) is 22.1 Å². The van der Waals surface area contributed by atoms with Gasteiger partial charge in [-0.05, 0) is 40.2 Å². The van der Waals surface area contributed by atoms with Gasteiger partial charge in [0, 0.05) is 24.0 Å². The number of aromatic nitrogens is 3. The molecule has 0 saturated heterocycles. The Morgan fingerprint density at radius 3 is 2.65 bits per heavy atom. The van der Waals surface area contributed by atoms with Crippen molar-refractivity contribution >= 4 is 11.3 Å². The molecule has 20 heavy (non-hydrogen) atoms. The van der Waals surface area contributed by atoms with Crippen LogP contribution in [0.2, 0.25) is 0 Å². The van der Waals surface area contributed by atoms with Gasteiger partial charge in [-0.1, -0.05) is 6.92 Å². The van der Waals surface area contributed by atoms with Crippen LogP contribution in [0, 0.1) is 13.8 Å². The standard InChI is InChI=1S/C15H24N4S/c1-6-13-8-14(19(7-2)18-13)9-16-10(3)15-11(4)17-12(5)20-15/h8,10,16H,6-7,9H2,1-5H3. The molecular formula is C15H24N4S. The van der Waals surface area contributed by atoms with E-state index in [-0.39, 0.29) is 0 Å². The van der Waals surface area contributed by atoms with Crippen molar-refractivity contribution in [1.29, 1.82) is 0 Å². The molecule has 0 bridgehead atoms. The molecule has 2 aromatic heterocycles. The van der Waals surface area contributed by atoms with Crippen LogP contribution >= 0.6 is 11.3 Å². The van der Waals surface area contributed by atoms with Gasteiger partial charge in [-0.2, -0.15) is 5.10 Å². The molecule has 0 aliphatic carbocycles. The van der Waals surface area contributed by atoms with Gasteiger partial charge in [0.2, 0.25) is 0 Å². The van der Waals surface area contributed by atoms with Gasteiger partial charge in [-0.15, -0.1) is 11.3 Å². The second kappa shape index (κ2) is 6.50. The van der Waals surface area contributed by atoms with Crippen molar-refractivity contribution in [3.05, 3.63) is 33.0 Å². The van der Waals surface area contributed by atoms with E-state index in [2.05, 4.69) is 60.8 Å². The van der Waals surface area contributed by atoms with Crippen LogP contribution in [0.25, 0.3) is 0 Å². The van der Waals surface area contributed by atoms with E-state index < -0.39 is 0 Å². The number of nitrogens with one attached hydrogen (secondary N) is 1. The average Bonchev–Trinajstić information content (AvgIpc) is 2.98. The topological polar surface area (TPSA) is 42.7 Å². The molecule has 4 nitrogen and oxygen atoms in total. The molecule has 0 fully saturated rings. The lowest BCUT2D eigenvalue weighted by molar-refractivity contribution is 0.533. The van der Waals surface area contributed by atoms with Gasteiger partial charge in [0.25, 0.3) is 0 Å². The molecule has 0 amide bonds. The SMILES string of the molecule is CCc1cc(CNC(C)c2sc(C)nc2C)n(CC)n1. The molecule has 2 aromatic rings. The van der Waals surface area contributed by atoms with Gasteiger partial charge >= 0.3 is 0 Å². The van der Waals surface area contributed by atoms with E-state index in [0.29, 0.717) is 6.04 Å². The van der Waals surface area contributed by atoms with Gasteiger partial charge < -0.3 is 5.32 Å². The van der Waals surface area contributed by atoms with E-state index in [1.165, 1.54) is 16.3 Å². The summed E-state index contributed by atoms with van der Waals surface area (Å²) in [5.41, 5.74) is 3.57. The third-order valence-electron chi connectivity index (χ3n) is 3.50. The van der Waals surface area contributed by atoms with Crippen LogP contribution in [0.3, 0.4) is 0 Å². The summed E-state index contributed by atoms with van der Waals surface area (Å²) >= 11 is 1.78. The summed E-state index contributed by atoms with van der Waals surface area (Å²) in [5.74, 6) is 0. The number of hydrogen-bond donors (Lipinski definition) is 1. The Morgan fingerprint density at radius 1 is 1.35 bits per heavy atom. The molecule has 0 spiro atoms. The maximum atomic E-state index is 4.59. The van der Waals surface area contributed by atoms with Gasteiger partial charge in [-0.3, -0.25) is 4.68 Å². The molecule has 0 aliphatic rings.